The Balaban J connectivity index is 1.48. The first-order chi connectivity index (χ1) is 12.8. The normalized spacial score (nSPS) is 25.5. The summed E-state index contributed by atoms with van der Waals surface area (Å²) >= 11 is 0. The third kappa shape index (κ3) is 4.29. The smallest absolute Gasteiger partial charge is 0.335 e. The van der Waals surface area contributed by atoms with Crippen LogP contribution in [0.15, 0.2) is 4.52 Å². The maximum absolute atomic E-state index is 13.1. The van der Waals surface area contributed by atoms with E-state index in [1.807, 2.05) is 0 Å². The topological polar surface area (TPSA) is 97.1 Å². The monoisotopic (exact) mass is 424 g/mol. The Morgan fingerprint density at radius 3 is 2.25 bits per heavy atom. The summed E-state index contributed by atoms with van der Waals surface area (Å²) in [6, 6.07) is 0.0345. The molecule has 2 fully saturated rings. The summed E-state index contributed by atoms with van der Waals surface area (Å²) in [5.41, 5.74) is -1.95. The molecule has 0 spiro atoms. The van der Waals surface area contributed by atoms with Gasteiger partial charge in [0, 0.05) is 12.6 Å². The molecule has 1 heterocycles. The van der Waals surface area contributed by atoms with E-state index >= 15 is 0 Å². The number of nitrogens with one attached hydrogen (secondary N) is 2. The minimum absolute atomic E-state index is 0.00887. The Kier molecular flexibility index (Phi) is 5.46. The summed E-state index contributed by atoms with van der Waals surface area (Å²) in [4.78, 5) is 3.92. The third-order valence-corrected chi connectivity index (χ3v) is 7.85. The first kappa shape index (κ1) is 21.4. The van der Waals surface area contributed by atoms with Gasteiger partial charge in [-0.25, -0.2) is 13.1 Å². The van der Waals surface area contributed by atoms with Crippen LogP contribution >= 0.6 is 0 Å². The summed E-state index contributed by atoms with van der Waals surface area (Å²) in [6.45, 7) is 5.35. The minimum atomic E-state index is -4.37. The molecule has 7 nitrogen and oxygen atoms in total. The van der Waals surface area contributed by atoms with Crippen LogP contribution in [0.5, 0.6) is 0 Å². The zero-order chi connectivity index (χ0) is 20.8. The van der Waals surface area contributed by atoms with Crippen molar-refractivity contribution in [2.75, 3.05) is 11.9 Å². The summed E-state index contributed by atoms with van der Waals surface area (Å²) < 4.78 is 70.5. The fourth-order valence-electron chi connectivity index (χ4n) is 3.36. The van der Waals surface area contributed by atoms with Gasteiger partial charge in [0.15, 0.2) is 5.82 Å². The number of hydrogen-bond acceptors (Lipinski definition) is 6. The van der Waals surface area contributed by atoms with Gasteiger partial charge in [-0.05, 0) is 65.2 Å². The molecule has 2 saturated carbocycles. The first-order valence-corrected chi connectivity index (χ1v) is 11.0. The Morgan fingerprint density at radius 1 is 1.14 bits per heavy atom. The van der Waals surface area contributed by atoms with Gasteiger partial charge in [-0.15, -0.1) is 0 Å². The van der Waals surface area contributed by atoms with Gasteiger partial charge in [0.25, 0.3) is 0 Å². The Bertz CT molecular complexity index is 789. The second-order valence-corrected chi connectivity index (χ2v) is 11.3. The van der Waals surface area contributed by atoms with Gasteiger partial charge in [-0.2, -0.15) is 18.2 Å². The molecule has 160 valence electrons. The van der Waals surface area contributed by atoms with E-state index in [0.717, 1.165) is 25.7 Å². The summed E-state index contributed by atoms with van der Waals surface area (Å²) in [5, 5.41) is 6.55. The van der Waals surface area contributed by atoms with Crippen LogP contribution in [0, 0.1) is 5.92 Å². The second kappa shape index (κ2) is 7.16. The number of anilines is 1. The number of halogens is 3. The summed E-state index contributed by atoms with van der Waals surface area (Å²) in [7, 11) is -3.37. The highest BCUT2D eigenvalue weighted by Gasteiger charge is 2.67. The van der Waals surface area contributed by atoms with E-state index in [9.17, 15) is 21.6 Å². The average Bonchev–Trinajstić information content (AvgIpc) is 3.28. The zero-order valence-corrected chi connectivity index (χ0v) is 17.1. The Hall–Kier alpha value is -1.36. The van der Waals surface area contributed by atoms with E-state index in [4.69, 9.17) is 4.52 Å². The molecule has 0 atom stereocenters. The van der Waals surface area contributed by atoms with Gasteiger partial charge in [-0.1, -0.05) is 5.16 Å². The van der Waals surface area contributed by atoms with E-state index in [1.165, 1.54) is 0 Å². The van der Waals surface area contributed by atoms with Gasteiger partial charge < -0.3 is 9.84 Å². The third-order valence-electron chi connectivity index (χ3n) is 5.69. The molecule has 28 heavy (non-hydrogen) atoms. The maximum atomic E-state index is 13.1. The van der Waals surface area contributed by atoms with Crippen molar-refractivity contribution in [3.8, 4) is 0 Å². The van der Waals surface area contributed by atoms with Crippen molar-refractivity contribution in [3.63, 3.8) is 0 Å². The van der Waals surface area contributed by atoms with Crippen molar-refractivity contribution in [3.05, 3.63) is 5.82 Å². The molecule has 1 aromatic rings. The highest BCUT2D eigenvalue weighted by Crippen LogP contribution is 2.58. The lowest BCUT2D eigenvalue weighted by molar-refractivity contribution is -0.162. The molecule has 2 N–H and O–H groups in total. The number of rotatable bonds is 6. The minimum Gasteiger partial charge on any atom is -0.335 e. The van der Waals surface area contributed by atoms with Crippen LogP contribution in [0.2, 0.25) is 0 Å². The van der Waals surface area contributed by atoms with Crippen LogP contribution in [0.4, 0.5) is 19.2 Å². The molecule has 0 aliphatic heterocycles. The SMILES string of the molecule is CC(C)(C)S(=O)(=O)NC[C@H]1CC[C@H](Nc2nc(C3(C(F)(F)F)CC3)no2)CC1. The van der Waals surface area contributed by atoms with Crippen molar-refractivity contribution < 1.29 is 26.1 Å². The fraction of sp³-hybridized carbons (Fsp3) is 0.882. The van der Waals surface area contributed by atoms with Gasteiger partial charge in [0.2, 0.25) is 10.0 Å². The summed E-state index contributed by atoms with van der Waals surface area (Å²) in [6.07, 6.45) is -1.27. The molecular weight excluding hydrogens is 397 g/mol. The second-order valence-electron chi connectivity index (χ2n) is 8.83. The van der Waals surface area contributed by atoms with Gasteiger partial charge in [0.1, 0.15) is 5.41 Å². The van der Waals surface area contributed by atoms with Crippen molar-refractivity contribution in [1.29, 1.82) is 0 Å². The first-order valence-electron chi connectivity index (χ1n) is 9.51. The van der Waals surface area contributed by atoms with E-state index < -0.39 is 26.4 Å². The molecular formula is C17H27F3N4O3S. The highest BCUT2D eigenvalue weighted by atomic mass is 32.2. The summed E-state index contributed by atoms with van der Waals surface area (Å²) in [5.74, 6) is -0.0684. The molecule has 0 bridgehead atoms. The van der Waals surface area contributed by atoms with Crippen LogP contribution in [0.25, 0.3) is 0 Å². The van der Waals surface area contributed by atoms with Crippen LogP contribution in [-0.2, 0) is 15.4 Å². The maximum Gasteiger partial charge on any atom is 0.401 e. The fourth-order valence-corrected chi connectivity index (χ4v) is 4.25. The van der Waals surface area contributed by atoms with Crippen LogP contribution < -0.4 is 10.0 Å². The van der Waals surface area contributed by atoms with Crippen molar-refractivity contribution in [2.45, 2.75) is 81.7 Å². The van der Waals surface area contributed by atoms with E-state index in [1.54, 1.807) is 20.8 Å². The van der Waals surface area contributed by atoms with Crippen molar-refractivity contribution in [2.24, 2.45) is 5.92 Å². The van der Waals surface area contributed by atoms with Crippen molar-refractivity contribution >= 4 is 16.0 Å². The molecule has 2 aliphatic carbocycles. The van der Waals surface area contributed by atoms with Crippen LogP contribution in [-0.4, -0.2) is 42.1 Å². The van der Waals surface area contributed by atoms with E-state index in [0.29, 0.717) is 6.54 Å². The standard InChI is InChI=1S/C17H27F3N4O3S/c1-15(2,3)28(25,26)21-10-11-4-6-12(7-5-11)22-14-23-13(24-27-14)16(8-9-16)17(18,19)20/h11-12,21H,4-10H2,1-3H3,(H,22,23,24)/t11-,12-. The number of aromatic nitrogens is 2. The number of alkyl halides is 3. The molecule has 11 heteroatoms. The highest BCUT2D eigenvalue weighted by molar-refractivity contribution is 7.90. The predicted molar refractivity (Wildman–Crippen MR) is 97.3 cm³/mol. The van der Waals surface area contributed by atoms with Gasteiger partial charge >= 0.3 is 12.2 Å². The predicted octanol–water partition coefficient (Wildman–Crippen LogP) is 3.35. The molecule has 0 saturated heterocycles. The van der Waals surface area contributed by atoms with E-state index in [-0.39, 0.29) is 36.6 Å². The molecule has 0 unspecified atom stereocenters. The quantitative estimate of drug-likeness (QED) is 0.727. The Morgan fingerprint density at radius 2 is 1.75 bits per heavy atom. The zero-order valence-electron chi connectivity index (χ0n) is 16.3. The molecule has 3 rings (SSSR count). The molecule has 0 amide bonds. The number of nitrogens with zero attached hydrogens (tertiary/aromatic N) is 2. The molecule has 2 aliphatic rings. The van der Waals surface area contributed by atoms with Gasteiger partial charge in [0.05, 0.1) is 4.75 Å². The van der Waals surface area contributed by atoms with E-state index in [2.05, 4.69) is 20.2 Å². The largest absolute Gasteiger partial charge is 0.401 e. The molecule has 0 aromatic carbocycles. The number of sulfonamides is 1. The number of hydrogen-bond donors (Lipinski definition) is 2. The lowest BCUT2D eigenvalue weighted by Crippen LogP contribution is -2.42. The molecule has 0 radical (unpaired) electrons. The van der Waals surface area contributed by atoms with Crippen LogP contribution in [0.1, 0.15) is 65.1 Å². The van der Waals surface area contributed by atoms with Crippen LogP contribution in [0.3, 0.4) is 0 Å². The van der Waals surface area contributed by atoms with Crippen molar-refractivity contribution in [1.82, 2.24) is 14.9 Å². The lowest BCUT2D eigenvalue weighted by atomic mass is 9.86. The average molecular weight is 424 g/mol. The molecule has 1 aromatic heterocycles. The Labute approximate surface area is 162 Å². The van der Waals surface area contributed by atoms with Gasteiger partial charge in [-0.3, -0.25) is 0 Å². The lowest BCUT2D eigenvalue weighted by Gasteiger charge is -2.29.